The fourth-order valence-corrected chi connectivity index (χ4v) is 3.36. The first-order valence-corrected chi connectivity index (χ1v) is 10.5. The zero-order valence-corrected chi connectivity index (χ0v) is 19.4. The van der Waals surface area contributed by atoms with Crippen LogP contribution in [0.1, 0.15) is 47.1 Å². The van der Waals surface area contributed by atoms with E-state index in [1.165, 1.54) is 16.8 Å². The number of hydrogen-bond acceptors (Lipinski definition) is 6. The highest BCUT2D eigenvalue weighted by atomic mass is 16.6. The topological polar surface area (TPSA) is 112 Å². The first kappa shape index (κ1) is 24.6. The second kappa shape index (κ2) is 9.64. The Morgan fingerprint density at radius 2 is 1.97 bits per heavy atom. The number of ether oxygens (including phenoxy) is 1. The number of amides is 3. The highest BCUT2D eigenvalue weighted by molar-refractivity contribution is 6.01. The van der Waals surface area contributed by atoms with Crippen molar-refractivity contribution in [3.05, 3.63) is 23.9 Å². The second-order valence-corrected chi connectivity index (χ2v) is 9.23. The summed E-state index contributed by atoms with van der Waals surface area (Å²) in [4.78, 5) is 45.6. The number of rotatable bonds is 6. The van der Waals surface area contributed by atoms with Crippen LogP contribution in [-0.2, 0) is 20.7 Å². The summed E-state index contributed by atoms with van der Waals surface area (Å²) in [7, 11) is 1.48. The number of nitrogens with one attached hydrogen (secondary N) is 1. The van der Waals surface area contributed by atoms with Gasteiger partial charge >= 0.3 is 6.09 Å². The third-order valence-electron chi connectivity index (χ3n) is 5.24. The number of carbonyl (C=O) groups is 3. The highest BCUT2D eigenvalue weighted by Gasteiger charge is 2.40. The molecule has 0 radical (unpaired) electrons. The van der Waals surface area contributed by atoms with Gasteiger partial charge in [-0.1, -0.05) is 19.9 Å². The Kier molecular flexibility index (Phi) is 7.64. The number of hydrogen-bond donors (Lipinski definition) is 2. The van der Waals surface area contributed by atoms with Crippen molar-refractivity contribution in [2.45, 2.75) is 71.7 Å². The lowest BCUT2D eigenvalue weighted by Gasteiger charge is -2.32. The van der Waals surface area contributed by atoms with Crippen molar-refractivity contribution in [3.63, 3.8) is 0 Å². The number of pyridine rings is 1. The summed E-state index contributed by atoms with van der Waals surface area (Å²) in [6, 6.07) is 1.54. The Bertz CT molecular complexity index is 820. The van der Waals surface area contributed by atoms with Gasteiger partial charge in [0, 0.05) is 13.2 Å². The number of carbonyl (C=O) groups excluding carboxylic acids is 3. The standard InChI is InChI=1S/C22H34N4O5/c1-13(2)17(24-19(28)14(3)25(7)21(30)31-22(4,5)6)20(29)26-16(12-27)11-15-9-8-10-23-18(15)26/h8-10,13-14,16-17,27H,11-12H2,1-7H3,(H,24,28)/t14?,16-,17-/m0/s1. The molecule has 0 spiro atoms. The summed E-state index contributed by atoms with van der Waals surface area (Å²) in [6.45, 7) is 10.3. The van der Waals surface area contributed by atoms with Crippen LogP contribution in [0.25, 0.3) is 0 Å². The van der Waals surface area contributed by atoms with E-state index in [4.69, 9.17) is 4.74 Å². The van der Waals surface area contributed by atoms with E-state index in [1.54, 1.807) is 40.0 Å². The van der Waals surface area contributed by atoms with E-state index in [0.717, 1.165) is 5.56 Å². The quantitative estimate of drug-likeness (QED) is 0.705. The van der Waals surface area contributed by atoms with Crippen molar-refractivity contribution < 1.29 is 24.2 Å². The van der Waals surface area contributed by atoms with Gasteiger partial charge in [-0.25, -0.2) is 9.78 Å². The Balaban J connectivity index is 2.18. The van der Waals surface area contributed by atoms with Crippen molar-refractivity contribution in [2.75, 3.05) is 18.6 Å². The molecule has 1 aromatic heterocycles. The molecule has 0 bridgehead atoms. The highest BCUT2D eigenvalue weighted by Crippen LogP contribution is 2.31. The summed E-state index contributed by atoms with van der Waals surface area (Å²) in [5, 5.41) is 12.6. The molecule has 172 valence electrons. The number of aliphatic hydroxyl groups excluding tert-OH is 1. The third-order valence-corrected chi connectivity index (χ3v) is 5.24. The van der Waals surface area contributed by atoms with Gasteiger partial charge in [-0.3, -0.25) is 19.4 Å². The number of nitrogens with zero attached hydrogens (tertiary/aromatic N) is 3. The summed E-state index contributed by atoms with van der Waals surface area (Å²) >= 11 is 0. The first-order valence-electron chi connectivity index (χ1n) is 10.5. The molecular formula is C22H34N4O5. The molecule has 0 saturated carbocycles. The lowest BCUT2D eigenvalue weighted by atomic mass is 10.0. The number of aromatic nitrogens is 1. The molecule has 2 rings (SSSR count). The van der Waals surface area contributed by atoms with Crippen LogP contribution in [0.4, 0.5) is 10.6 Å². The molecule has 1 aromatic rings. The number of likely N-dealkylation sites (N-methyl/N-ethyl adjacent to an activating group) is 1. The van der Waals surface area contributed by atoms with Crippen molar-refractivity contribution >= 4 is 23.7 Å². The largest absolute Gasteiger partial charge is 0.444 e. The average molecular weight is 435 g/mol. The predicted octanol–water partition coefficient (Wildman–Crippen LogP) is 1.73. The van der Waals surface area contributed by atoms with Crippen LogP contribution in [0.5, 0.6) is 0 Å². The van der Waals surface area contributed by atoms with E-state index in [-0.39, 0.29) is 18.4 Å². The van der Waals surface area contributed by atoms with Crippen LogP contribution >= 0.6 is 0 Å². The maximum atomic E-state index is 13.4. The van der Waals surface area contributed by atoms with Gasteiger partial charge in [-0.05, 0) is 51.7 Å². The summed E-state index contributed by atoms with van der Waals surface area (Å²) in [6.07, 6.45) is 1.47. The molecule has 1 unspecified atom stereocenters. The number of anilines is 1. The molecule has 0 fully saturated rings. The monoisotopic (exact) mass is 434 g/mol. The number of fused-ring (bicyclic) bond motifs is 1. The maximum Gasteiger partial charge on any atom is 0.410 e. The van der Waals surface area contributed by atoms with Gasteiger partial charge in [0.2, 0.25) is 5.91 Å². The molecule has 3 amide bonds. The van der Waals surface area contributed by atoms with E-state index in [0.29, 0.717) is 12.2 Å². The van der Waals surface area contributed by atoms with Gasteiger partial charge in [0.15, 0.2) is 0 Å². The van der Waals surface area contributed by atoms with Crippen molar-refractivity contribution in [3.8, 4) is 0 Å². The SMILES string of the molecule is CC(C)[C@H](NC(=O)C(C)N(C)C(=O)OC(C)(C)C)C(=O)N1c2ncccc2C[C@H]1CO. The van der Waals surface area contributed by atoms with Crippen LogP contribution in [0.15, 0.2) is 18.3 Å². The van der Waals surface area contributed by atoms with Gasteiger partial charge in [0.25, 0.3) is 5.91 Å². The fraction of sp³-hybridized carbons (Fsp3) is 0.636. The Hall–Kier alpha value is -2.68. The van der Waals surface area contributed by atoms with Crippen LogP contribution in [0.3, 0.4) is 0 Å². The Morgan fingerprint density at radius 3 is 2.52 bits per heavy atom. The molecule has 0 aromatic carbocycles. The zero-order valence-electron chi connectivity index (χ0n) is 19.4. The van der Waals surface area contributed by atoms with E-state index in [2.05, 4.69) is 10.3 Å². The van der Waals surface area contributed by atoms with Crippen LogP contribution in [0.2, 0.25) is 0 Å². The van der Waals surface area contributed by atoms with Gasteiger partial charge < -0.3 is 15.2 Å². The predicted molar refractivity (Wildman–Crippen MR) is 117 cm³/mol. The van der Waals surface area contributed by atoms with Crippen LogP contribution in [0, 0.1) is 5.92 Å². The number of aliphatic hydroxyl groups is 1. The summed E-state index contributed by atoms with van der Waals surface area (Å²) in [5.41, 5.74) is 0.190. The third kappa shape index (κ3) is 5.72. The van der Waals surface area contributed by atoms with Gasteiger partial charge in [-0.15, -0.1) is 0 Å². The van der Waals surface area contributed by atoms with Gasteiger partial charge in [0.05, 0.1) is 12.6 Å². The lowest BCUT2D eigenvalue weighted by molar-refractivity contribution is -0.131. The maximum absolute atomic E-state index is 13.4. The molecular weight excluding hydrogens is 400 g/mol. The molecule has 3 atom stereocenters. The minimum atomic E-state index is -0.846. The molecule has 9 heteroatoms. The summed E-state index contributed by atoms with van der Waals surface area (Å²) < 4.78 is 5.32. The van der Waals surface area contributed by atoms with Gasteiger partial charge in [-0.2, -0.15) is 0 Å². The summed E-state index contributed by atoms with van der Waals surface area (Å²) in [5.74, 6) is -0.527. The van der Waals surface area contributed by atoms with E-state index < -0.39 is 35.7 Å². The molecule has 1 aliphatic rings. The van der Waals surface area contributed by atoms with Gasteiger partial charge in [0.1, 0.15) is 23.5 Å². The Morgan fingerprint density at radius 1 is 1.32 bits per heavy atom. The molecule has 0 saturated heterocycles. The normalized spacial score (nSPS) is 17.7. The molecule has 0 aliphatic carbocycles. The van der Waals surface area contributed by atoms with Crippen molar-refractivity contribution in [2.24, 2.45) is 5.92 Å². The minimum absolute atomic E-state index is 0.210. The first-order chi connectivity index (χ1) is 14.4. The second-order valence-electron chi connectivity index (χ2n) is 9.23. The van der Waals surface area contributed by atoms with Crippen molar-refractivity contribution in [1.82, 2.24) is 15.2 Å². The zero-order chi connectivity index (χ0) is 23.5. The molecule has 9 nitrogen and oxygen atoms in total. The fourth-order valence-electron chi connectivity index (χ4n) is 3.36. The van der Waals surface area contributed by atoms with Crippen LogP contribution in [-0.4, -0.2) is 70.3 Å². The van der Waals surface area contributed by atoms with Crippen LogP contribution < -0.4 is 10.2 Å². The Labute approximate surface area is 183 Å². The van der Waals surface area contributed by atoms with E-state index in [9.17, 15) is 19.5 Å². The molecule has 31 heavy (non-hydrogen) atoms. The molecule has 1 aliphatic heterocycles. The van der Waals surface area contributed by atoms with Crippen molar-refractivity contribution in [1.29, 1.82) is 0 Å². The molecule has 2 N–H and O–H groups in total. The smallest absolute Gasteiger partial charge is 0.410 e. The van der Waals surface area contributed by atoms with E-state index in [1.807, 2.05) is 19.9 Å². The average Bonchev–Trinajstić information content (AvgIpc) is 3.07. The van der Waals surface area contributed by atoms with E-state index >= 15 is 0 Å². The lowest BCUT2D eigenvalue weighted by Crippen LogP contribution is -2.57. The minimum Gasteiger partial charge on any atom is -0.444 e. The molecule has 2 heterocycles.